The third kappa shape index (κ3) is 4.80. The monoisotopic (exact) mass is 516 g/mol. The fourth-order valence-electron chi connectivity index (χ4n) is 4.85. The normalized spacial score (nSPS) is 18.7. The van der Waals surface area contributed by atoms with Gasteiger partial charge in [0.2, 0.25) is 0 Å². The SMILES string of the molecule is CCOC(=O)C(c1ccc(C2(NC(=O)c3cc4c(Cl)c(Cl)ccc4n3C)CCOC2)cc1)C(C)C. The highest BCUT2D eigenvalue weighted by Gasteiger charge is 2.39. The Kier molecular flexibility index (Phi) is 7.46. The van der Waals surface area contributed by atoms with Crippen molar-refractivity contribution in [2.75, 3.05) is 19.8 Å². The minimum Gasteiger partial charge on any atom is -0.466 e. The van der Waals surface area contributed by atoms with Gasteiger partial charge in [0.05, 0.1) is 34.7 Å². The number of carbonyl (C=O) groups excluding carboxylic acids is 2. The lowest BCUT2D eigenvalue weighted by Gasteiger charge is -2.30. The van der Waals surface area contributed by atoms with E-state index in [-0.39, 0.29) is 23.7 Å². The van der Waals surface area contributed by atoms with Gasteiger partial charge in [-0.1, -0.05) is 61.3 Å². The molecule has 1 N–H and O–H groups in total. The summed E-state index contributed by atoms with van der Waals surface area (Å²) in [5.74, 6) is -0.703. The number of benzene rings is 2. The summed E-state index contributed by atoms with van der Waals surface area (Å²) in [7, 11) is 1.83. The Labute approximate surface area is 215 Å². The van der Waals surface area contributed by atoms with Crippen LogP contribution in [0.15, 0.2) is 42.5 Å². The van der Waals surface area contributed by atoms with E-state index in [0.717, 1.165) is 22.0 Å². The number of hydrogen-bond donors (Lipinski definition) is 1. The number of nitrogens with zero attached hydrogens (tertiary/aromatic N) is 1. The van der Waals surface area contributed by atoms with E-state index in [4.69, 9.17) is 32.7 Å². The summed E-state index contributed by atoms with van der Waals surface area (Å²) in [5.41, 5.74) is 2.45. The molecular formula is C27H30Cl2N2O4. The first-order valence-electron chi connectivity index (χ1n) is 11.8. The first-order chi connectivity index (χ1) is 16.7. The van der Waals surface area contributed by atoms with Gasteiger partial charge in [-0.3, -0.25) is 9.59 Å². The van der Waals surface area contributed by atoms with Gasteiger partial charge >= 0.3 is 5.97 Å². The van der Waals surface area contributed by atoms with E-state index < -0.39 is 5.54 Å². The van der Waals surface area contributed by atoms with Crippen molar-refractivity contribution >= 4 is 46.0 Å². The highest BCUT2D eigenvalue weighted by molar-refractivity contribution is 6.45. The number of aromatic nitrogens is 1. The van der Waals surface area contributed by atoms with Gasteiger partial charge < -0.3 is 19.4 Å². The number of halogens is 2. The molecule has 2 aromatic carbocycles. The van der Waals surface area contributed by atoms with E-state index in [1.807, 2.05) is 62.7 Å². The molecule has 0 aliphatic carbocycles. The number of rotatable bonds is 7. The van der Waals surface area contributed by atoms with Gasteiger partial charge in [-0.25, -0.2) is 0 Å². The van der Waals surface area contributed by atoms with E-state index in [2.05, 4.69) is 5.32 Å². The molecule has 35 heavy (non-hydrogen) atoms. The molecule has 1 aromatic heterocycles. The summed E-state index contributed by atoms with van der Waals surface area (Å²) in [6, 6.07) is 13.2. The van der Waals surface area contributed by atoms with Crippen LogP contribution in [-0.2, 0) is 26.9 Å². The van der Waals surface area contributed by atoms with Crippen molar-refractivity contribution in [3.05, 3.63) is 69.3 Å². The molecule has 4 rings (SSSR count). The number of ether oxygens (including phenoxy) is 2. The molecule has 8 heteroatoms. The van der Waals surface area contributed by atoms with Crippen LogP contribution in [0.4, 0.5) is 0 Å². The van der Waals surface area contributed by atoms with Crippen LogP contribution in [0.3, 0.4) is 0 Å². The second-order valence-corrected chi connectivity index (χ2v) is 10.1. The van der Waals surface area contributed by atoms with Gasteiger partial charge in [0, 0.05) is 31.0 Å². The molecule has 6 nitrogen and oxygen atoms in total. The van der Waals surface area contributed by atoms with Crippen molar-refractivity contribution < 1.29 is 19.1 Å². The van der Waals surface area contributed by atoms with Gasteiger partial charge in [-0.2, -0.15) is 0 Å². The van der Waals surface area contributed by atoms with Crippen LogP contribution in [-0.4, -0.2) is 36.3 Å². The van der Waals surface area contributed by atoms with Crippen molar-refractivity contribution in [3.8, 4) is 0 Å². The van der Waals surface area contributed by atoms with E-state index in [9.17, 15) is 9.59 Å². The first-order valence-corrected chi connectivity index (χ1v) is 12.5. The van der Waals surface area contributed by atoms with Crippen LogP contribution in [0, 0.1) is 5.92 Å². The number of nitrogens with one attached hydrogen (secondary N) is 1. The van der Waals surface area contributed by atoms with Crippen molar-refractivity contribution in [1.82, 2.24) is 9.88 Å². The third-order valence-electron chi connectivity index (χ3n) is 6.75. The maximum atomic E-state index is 13.5. The summed E-state index contributed by atoms with van der Waals surface area (Å²) in [5, 5.41) is 4.82. The standard InChI is InChI=1S/C27H30Cl2N2O4/c1-5-35-26(33)23(16(2)3)17-6-8-18(9-7-17)27(12-13-34-15-27)30-25(32)22-14-19-21(31(22)4)11-10-20(28)24(19)29/h6-11,14,16,23H,5,12-13,15H2,1-4H3,(H,30,32). The highest BCUT2D eigenvalue weighted by atomic mass is 35.5. The molecule has 0 saturated carbocycles. The maximum Gasteiger partial charge on any atom is 0.313 e. The average Bonchev–Trinajstić information content (AvgIpc) is 3.42. The van der Waals surface area contributed by atoms with Crippen molar-refractivity contribution in [2.45, 2.75) is 38.6 Å². The Morgan fingerprint density at radius 3 is 2.49 bits per heavy atom. The van der Waals surface area contributed by atoms with Crippen LogP contribution in [0.2, 0.25) is 10.0 Å². The van der Waals surface area contributed by atoms with Gasteiger partial charge in [0.1, 0.15) is 5.69 Å². The van der Waals surface area contributed by atoms with E-state index in [1.54, 1.807) is 12.1 Å². The summed E-state index contributed by atoms with van der Waals surface area (Å²) >= 11 is 12.6. The van der Waals surface area contributed by atoms with Crippen LogP contribution in [0.1, 0.15) is 54.7 Å². The average molecular weight is 517 g/mol. The van der Waals surface area contributed by atoms with Crippen LogP contribution < -0.4 is 5.32 Å². The Morgan fingerprint density at radius 1 is 1.17 bits per heavy atom. The first kappa shape index (κ1) is 25.5. The van der Waals surface area contributed by atoms with Crippen LogP contribution >= 0.6 is 23.2 Å². The molecule has 0 bridgehead atoms. The largest absolute Gasteiger partial charge is 0.466 e. The van der Waals surface area contributed by atoms with Crippen molar-refractivity contribution in [3.63, 3.8) is 0 Å². The molecule has 0 spiro atoms. The summed E-state index contributed by atoms with van der Waals surface area (Å²) in [4.78, 5) is 26.0. The number of amides is 1. The number of fused-ring (bicyclic) bond motifs is 1. The minimum atomic E-state index is -0.676. The zero-order valence-electron chi connectivity index (χ0n) is 20.4. The molecule has 0 radical (unpaired) electrons. The fourth-order valence-corrected chi connectivity index (χ4v) is 5.23. The smallest absolute Gasteiger partial charge is 0.313 e. The number of aryl methyl sites for hydroxylation is 1. The molecular weight excluding hydrogens is 487 g/mol. The van der Waals surface area contributed by atoms with E-state index in [1.165, 1.54) is 0 Å². The quantitative estimate of drug-likeness (QED) is 0.401. The molecule has 1 aliphatic heterocycles. The lowest BCUT2D eigenvalue weighted by atomic mass is 9.84. The second-order valence-electron chi connectivity index (χ2n) is 9.32. The Bertz CT molecular complexity index is 1240. The predicted molar refractivity (Wildman–Crippen MR) is 138 cm³/mol. The molecule has 1 fully saturated rings. The van der Waals surface area contributed by atoms with Crippen molar-refractivity contribution in [1.29, 1.82) is 0 Å². The topological polar surface area (TPSA) is 69.6 Å². The summed E-state index contributed by atoms with van der Waals surface area (Å²) in [6.45, 7) is 7.06. The van der Waals surface area contributed by atoms with Gasteiger partial charge in [-0.05, 0) is 42.2 Å². The van der Waals surface area contributed by atoms with Gasteiger partial charge in [-0.15, -0.1) is 0 Å². The number of carbonyl (C=O) groups is 2. The lowest BCUT2D eigenvalue weighted by Crippen LogP contribution is -2.47. The molecule has 1 aliphatic rings. The Balaban J connectivity index is 1.64. The second kappa shape index (κ2) is 10.2. The van der Waals surface area contributed by atoms with E-state index >= 15 is 0 Å². The molecule has 186 valence electrons. The Hall–Kier alpha value is -2.54. The van der Waals surface area contributed by atoms with Gasteiger partial charge in [0.15, 0.2) is 0 Å². The number of hydrogen-bond acceptors (Lipinski definition) is 4. The molecule has 2 atom stereocenters. The molecule has 2 heterocycles. The fraction of sp³-hybridized carbons (Fsp3) is 0.407. The third-order valence-corrected chi connectivity index (χ3v) is 7.57. The molecule has 1 saturated heterocycles. The lowest BCUT2D eigenvalue weighted by molar-refractivity contribution is -0.146. The molecule has 3 aromatic rings. The van der Waals surface area contributed by atoms with Gasteiger partial charge in [0.25, 0.3) is 5.91 Å². The highest BCUT2D eigenvalue weighted by Crippen LogP contribution is 2.35. The predicted octanol–water partition coefficient (Wildman–Crippen LogP) is 5.83. The zero-order valence-corrected chi connectivity index (χ0v) is 21.9. The minimum absolute atomic E-state index is 0.0928. The van der Waals surface area contributed by atoms with Crippen LogP contribution in [0.5, 0.6) is 0 Å². The number of esters is 1. The zero-order chi connectivity index (χ0) is 25.3. The van der Waals surface area contributed by atoms with E-state index in [0.29, 0.717) is 42.0 Å². The molecule has 1 amide bonds. The molecule has 2 unspecified atom stereocenters. The van der Waals surface area contributed by atoms with Crippen molar-refractivity contribution in [2.24, 2.45) is 13.0 Å². The van der Waals surface area contributed by atoms with Crippen LogP contribution in [0.25, 0.3) is 10.9 Å². The summed E-state index contributed by atoms with van der Waals surface area (Å²) in [6.07, 6.45) is 0.639. The Morgan fingerprint density at radius 2 is 1.89 bits per heavy atom. The summed E-state index contributed by atoms with van der Waals surface area (Å²) < 4.78 is 12.8. The maximum absolute atomic E-state index is 13.5.